The maximum absolute atomic E-state index is 12.6. The number of pyridine rings is 1. The average molecular weight is 542 g/mol. The van der Waals surface area contributed by atoms with E-state index in [2.05, 4.69) is 29.1 Å². The molecule has 0 aliphatic rings. The Hall–Kier alpha value is -4.16. The highest BCUT2D eigenvalue weighted by atomic mass is 35.5. The monoisotopic (exact) mass is 541 g/mol. The molecule has 4 rings (SSSR count). The van der Waals surface area contributed by atoms with Gasteiger partial charge in [0.15, 0.2) is 5.78 Å². The smallest absolute Gasteiger partial charge is 0.185 e. The largest absolute Gasteiger partial charge is 0.508 e. The van der Waals surface area contributed by atoms with Crippen LogP contribution in [-0.4, -0.2) is 40.3 Å². The SMILES string of the molecule is CCC(C)c1cc(/C=C/C(=O)c2ccc(O)cc2)cc(C=NCCCNc2ccnc3cc(Cl)ccc23)c1O. The number of aliphatic imine (C=N–C) groups is 1. The molecule has 4 aromatic rings. The highest BCUT2D eigenvalue weighted by Gasteiger charge is 2.13. The molecule has 0 aliphatic carbocycles. The highest BCUT2D eigenvalue weighted by Crippen LogP contribution is 2.32. The van der Waals surface area contributed by atoms with E-state index in [4.69, 9.17) is 11.6 Å². The van der Waals surface area contributed by atoms with E-state index >= 15 is 0 Å². The lowest BCUT2D eigenvalue weighted by Gasteiger charge is -2.14. The van der Waals surface area contributed by atoms with E-state index in [1.54, 1.807) is 30.6 Å². The first-order valence-corrected chi connectivity index (χ1v) is 13.4. The number of phenolic OH excluding ortho intramolecular Hbond substituents is 2. The summed E-state index contributed by atoms with van der Waals surface area (Å²) in [6, 6.07) is 17.5. The number of nitrogens with zero attached hydrogens (tertiary/aromatic N) is 2. The van der Waals surface area contributed by atoms with Gasteiger partial charge in [-0.05, 0) is 96.6 Å². The first kappa shape index (κ1) is 27.9. The van der Waals surface area contributed by atoms with Crippen molar-refractivity contribution in [2.75, 3.05) is 18.4 Å². The molecule has 0 saturated heterocycles. The predicted molar refractivity (Wildman–Crippen MR) is 161 cm³/mol. The molecule has 0 amide bonds. The summed E-state index contributed by atoms with van der Waals surface area (Å²) in [6.45, 7) is 5.44. The minimum atomic E-state index is -0.166. The van der Waals surface area contributed by atoms with Crippen molar-refractivity contribution in [3.05, 3.63) is 100 Å². The van der Waals surface area contributed by atoms with Gasteiger partial charge in [-0.2, -0.15) is 0 Å². The molecule has 0 aliphatic heterocycles. The van der Waals surface area contributed by atoms with Crippen LogP contribution in [0.5, 0.6) is 11.5 Å². The molecule has 1 aromatic heterocycles. The molecule has 0 fully saturated rings. The van der Waals surface area contributed by atoms with Crippen molar-refractivity contribution >= 4 is 46.3 Å². The summed E-state index contributed by atoms with van der Waals surface area (Å²) in [4.78, 5) is 21.5. The summed E-state index contributed by atoms with van der Waals surface area (Å²) in [7, 11) is 0. The fourth-order valence-electron chi connectivity index (χ4n) is 4.22. The normalized spacial score (nSPS) is 12.4. The van der Waals surface area contributed by atoms with Gasteiger partial charge in [0.1, 0.15) is 11.5 Å². The van der Waals surface area contributed by atoms with Crippen molar-refractivity contribution in [1.29, 1.82) is 0 Å². The number of nitrogens with one attached hydrogen (secondary N) is 1. The van der Waals surface area contributed by atoms with Crippen molar-refractivity contribution in [2.45, 2.75) is 32.6 Å². The van der Waals surface area contributed by atoms with Gasteiger partial charge in [-0.15, -0.1) is 0 Å². The third-order valence-electron chi connectivity index (χ3n) is 6.63. The van der Waals surface area contributed by atoms with Crippen molar-refractivity contribution in [3.63, 3.8) is 0 Å². The molecule has 200 valence electrons. The van der Waals surface area contributed by atoms with Crippen molar-refractivity contribution in [2.24, 2.45) is 4.99 Å². The molecule has 1 heterocycles. The average Bonchev–Trinajstić information content (AvgIpc) is 2.94. The molecule has 3 N–H and O–H groups in total. The van der Waals surface area contributed by atoms with Gasteiger partial charge in [-0.1, -0.05) is 31.5 Å². The Morgan fingerprint density at radius 1 is 1.10 bits per heavy atom. The van der Waals surface area contributed by atoms with Crippen LogP contribution >= 0.6 is 11.6 Å². The zero-order valence-electron chi connectivity index (χ0n) is 22.1. The number of aromatic nitrogens is 1. The molecular weight excluding hydrogens is 510 g/mol. The maximum Gasteiger partial charge on any atom is 0.185 e. The number of carbonyl (C=O) groups is 1. The molecule has 7 heteroatoms. The van der Waals surface area contributed by atoms with E-state index < -0.39 is 0 Å². The molecule has 1 atom stereocenters. The second-order valence-corrected chi connectivity index (χ2v) is 9.87. The number of benzene rings is 3. The number of hydrogen-bond donors (Lipinski definition) is 3. The van der Waals surface area contributed by atoms with Gasteiger partial charge >= 0.3 is 0 Å². The van der Waals surface area contributed by atoms with Crippen LogP contribution in [0.4, 0.5) is 5.69 Å². The number of rotatable bonds is 11. The van der Waals surface area contributed by atoms with Crippen LogP contribution in [0.25, 0.3) is 17.0 Å². The van der Waals surface area contributed by atoms with Gasteiger partial charge < -0.3 is 15.5 Å². The minimum absolute atomic E-state index is 0.114. The van der Waals surface area contributed by atoms with E-state index in [0.717, 1.165) is 47.1 Å². The Kier molecular flexibility index (Phi) is 9.34. The Balaban J connectivity index is 1.42. The number of allylic oxidation sites excluding steroid dienone is 1. The first-order valence-electron chi connectivity index (χ1n) is 13.0. The maximum atomic E-state index is 12.6. The third-order valence-corrected chi connectivity index (χ3v) is 6.86. The fraction of sp³-hybridized carbons (Fsp3) is 0.219. The van der Waals surface area contributed by atoms with Crippen LogP contribution in [0.1, 0.15) is 59.7 Å². The van der Waals surface area contributed by atoms with Gasteiger partial charge in [0.05, 0.1) is 5.52 Å². The second-order valence-electron chi connectivity index (χ2n) is 9.44. The Bertz CT molecular complexity index is 1510. The molecule has 39 heavy (non-hydrogen) atoms. The summed E-state index contributed by atoms with van der Waals surface area (Å²) >= 11 is 6.08. The zero-order valence-corrected chi connectivity index (χ0v) is 22.8. The number of fused-ring (bicyclic) bond motifs is 1. The van der Waals surface area contributed by atoms with E-state index in [9.17, 15) is 15.0 Å². The number of hydrogen-bond acceptors (Lipinski definition) is 6. The first-order chi connectivity index (χ1) is 18.9. The number of aromatic hydroxyl groups is 2. The lowest BCUT2D eigenvalue weighted by atomic mass is 9.93. The molecule has 0 radical (unpaired) electrons. The molecular formula is C32H32ClN3O3. The summed E-state index contributed by atoms with van der Waals surface area (Å²) in [5.74, 6) is 0.312. The summed E-state index contributed by atoms with van der Waals surface area (Å²) in [5.41, 5.74) is 4.58. The summed E-state index contributed by atoms with van der Waals surface area (Å²) < 4.78 is 0. The van der Waals surface area contributed by atoms with Crippen molar-refractivity contribution in [3.8, 4) is 11.5 Å². The van der Waals surface area contributed by atoms with E-state index in [1.165, 1.54) is 18.2 Å². The Morgan fingerprint density at radius 2 is 1.90 bits per heavy atom. The van der Waals surface area contributed by atoms with Gasteiger partial charge in [0.2, 0.25) is 0 Å². The minimum Gasteiger partial charge on any atom is -0.508 e. The number of carbonyl (C=O) groups excluding carboxylic acids is 1. The standard InChI is InChI=1S/C32H32ClN3O3/c1-3-21(2)28-18-22(5-12-31(38)23-6-9-26(37)10-7-23)17-24(32(28)39)20-34-14-4-15-35-29-13-16-36-30-19-25(33)8-11-27(29)30/h5-13,16-21,37,39H,3-4,14-15H2,1-2H3,(H,35,36)/b12-5+,34-20?. The number of ketones is 1. The van der Waals surface area contributed by atoms with Gasteiger partial charge in [0, 0.05) is 52.7 Å². The summed E-state index contributed by atoms with van der Waals surface area (Å²) in [5, 5.41) is 25.5. The highest BCUT2D eigenvalue weighted by molar-refractivity contribution is 6.31. The summed E-state index contributed by atoms with van der Waals surface area (Å²) in [6.07, 6.45) is 8.37. The lowest BCUT2D eigenvalue weighted by molar-refractivity contribution is 0.104. The van der Waals surface area contributed by atoms with E-state index in [1.807, 2.05) is 36.4 Å². The van der Waals surface area contributed by atoms with Gasteiger partial charge in [0.25, 0.3) is 0 Å². The topological polar surface area (TPSA) is 94.8 Å². The Labute approximate surface area is 233 Å². The molecule has 6 nitrogen and oxygen atoms in total. The lowest BCUT2D eigenvalue weighted by Crippen LogP contribution is -2.04. The van der Waals surface area contributed by atoms with Crippen LogP contribution in [0.2, 0.25) is 5.02 Å². The molecule has 0 bridgehead atoms. The van der Waals surface area contributed by atoms with Gasteiger partial charge in [-0.25, -0.2) is 0 Å². The second kappa shape index (κ2) is 13.1. The predicted octanol–water partition coefficient (Wildman–Crippen LogP) is 7.63. The zero-order chi connectivity index (χ0) is 27.8. The number of phenols is 2. The molecule has 0 spiro atoms. The van der Waals surface area contributed by atoms with Crippen molar-refractivity contribution in [1.82, 2.24) is 4.98 Å². The molecule has 3 aromatic carbocycles. The van der Waals surface area contributed by atoms with Crippen LogP contribution in [0.3, 0.4) is 0 Å². The van der Waals surface area contributed by atoms with Gasteiger partial charge in [-0.3, -0.25) is 14.8 Å². The van der Waals surface area contributed by atoms with E-state index in [-0.39, 0.29) is 23.2 Å². The van der Waals surface area contributed by atoms with Crippen molar-refractivity contribution < 1.29 is 15.0 Å². The van der Waals surface area contributed by atoms with Crippen LogP contribution in [-0.2, 0) is 0 Å². The molecule has 1 unspecified atom stereocenters. The molecule has 0 saturated carbocycles. The van der Waals surface area contributed by atoms with Crippen LogP contribution in [0.15, 0.2) is 77.9 Å². The fourth-order valence-corrected chi connectivity index (χ4v) is 4.39. The quantitative estimate of drug-likeness (QED) is 0.0785. The number of halogens is 1. The number of anilines is 1. The third kappa shape index (κ3) is 7.24. The van der Waals surface area contributed by atoms with Crippen LogP contribution < -0.4 is 5.32 Å². The Morgan fingerprint density at radius 3 is 2.67 bits per heavy atom. The van der Waals surface area contributed by atoms with E-state index in [0.29, 0.717) is 22.7 Å². The van der Waals surface area contributed by atoms with Crippen LogP contribution in [0, 0.1) is 0 Å².